The fraction of sp³-hybridized carbons (Fsp3) is 0.800. The Bertz CT molecular complexity index is 304. The molecule has 5 nitrogen and oxygen atoms in total. The number of aliphatic hydroxyl groups excluding tert-OH is 2. The van der Waals surface area contributed by atoms with Gasteiger partial charge in [0.05, 0.1) is 6.10 Å². The summed E-state index contributed by atoms with van der Waals surface area (Å²) in [4.78, 5) is 23.9. The monoisotopic (exact) mass is 213 g/mol. The average molecular weight is 213 g/mol. The number of hydrogen-bond donors (Lipinski definition) is 2. The SMILES string of the molecule is C[C@@H](O)[C@H]1C(O)N2[C@@H]1[C@@H](C)C(=O)[C@@H]2C=O. The first-order valence-electron chi connectivity index (χ1n) is 5.13. The molecule has 2 heterocycles. The highest BCUT2D eigenvalue weighted by Crippen LogP contribution is 2.44. The van der Waals surface area contributed by atoms with Crippen LogP contribution in [0.1, 0.15) is 13.8 Å². The van der Waals surface area contributed by atoms with E-state index in [-0.39, 0.29) is 23.7 Å². The average Bonchev–Trinajstić information content (AvgIpc) is 2.38. The van der Waals surface area contributed by atoms with E-state index < -0.39 is 18.4 Å². The minimum Gasteiger partial charge on any atom is -0.393 e. The molecule has 0 aromatic heterocycles. The van der Waals surface area contributed by atoms with Gasteiger partial charge in [-0.15, -0.1) is 0 Å². The van der Waals surface area contributed by atoms with Gasteiger partial charge in [-0.25, -0.2) is 0 Å². The van der Waals surface area contributed by atoms with E-state index in [0.717, 1.165) is 0 Å². The number of fused-ring (bicyclic) bond motifs is 1. The number of hydrogen-bond acceptors (Lipinski definition) is 5. The van der Waals surface area contributed by atoms with Crippen LogP contribution in [0.25, 0.3) is 0 Å². The zero-order chi connectivity index (χ0) is 11.3. The van der Waals surface area contributed by atoms with Crippen molar-refractivity contribution in [1.29, 1.82) is 0 Å². The topological polar surface area (TPSA) is 77.8 Å². The molecule has 15 heavy (non-hydrogen) atoms. The summed E-state index contributed by atoms with van der Waals surface area (Å²) in [6, 6.07) is -1.02. The molecule has 0 bridgehead atoms. The lowest BCUT2D eigenvalue weighted by molar-refractivity contribution is -0.205. The van der Waals surface area contributed by atoms with Crippen LogP contribution in [0.15, 0.2) is 0 Å². The third kappa shape index (κ3) is 1.20. The van der Waals surface area contributed by atoms with Gasteiger partial charge in [-0.2, -0.15) is 0 Å². The first-order chi connectivity index (χ1) is 7.00. The molecule has 2 aliphatic heterocycles. The van der Waals surface area contributed by atoms with Gasteiger partial charge in [0.25, 0.3) is 0 Å². The fourth-order valence-corrected chi connectivity index (χ4v) is 2.85. The summed E-state index contributed by atoms with van der Waals surface area (Å²) in [6.45, 7) is 3.33. The second kappa shape index (κ2) is 3.37. The lowest BCUT2D eigenvalue weighted by Gasteiger charge is -2.51. The molecule has 0 amide bonds. The lowest BCUT2D eigenvalue weighted by atomic mass is 9.78. The third-order valence-corrected chi connectivity index (χ3v) is 3.65. The van der Waals surface area contributed by atoms with Crippen LogP contribution in [-0.4, -0.2) is 51.6 Å². The number of nitrogens with zero attached hydrogens (tertiary/aromatic N) is 1. The first kappa shape index (κ1) is 10.7. The summed E-state index contributed by atoms with van der Waals surface area (Å²) in [5.41, 5.74) is 0. The molecule has 2 aliphatic rings. The van der Waals surface area contributed by atoms with Gasteiger partial charge in [0.15, 0.2) is 5.78 Å². The molecule has 0 aliphatic carbocycles. The number of ketones is 1. The minimum absolute atomic E-state index is 0.155. The lowest BCUT2D eigenvalue weighted by Crippen LogP contribution is -2.67. The Hall–Kier alpha value is -0.780. The van der Waals surface area contributed by atoms with E-state index in [2.05, 4.69) is 0 Å². The molecule has 84 valence electrons. The zero-order valence-corrected chi connectivity index (χ0v) is 8.70. The van der Waals surface area contributed by atoms with Crippen molar-refractivity contribution in [2.45, 2.75) is 38.3 Å². The Labute approximate surface area is 87.7 Å². The summed E-state index contributed by atoms with van der Waals surface area (Å²) < 4.78 is 0. The van der Waals surface area contributed by atoms with E-state index >= 15 is 0 Å². The molecule has 0 saturated carbocycles. The van der Waals surface area contributed by atoms with E-state index in [9.17, 15) is 19.8 Å². The van der Waals surface area contributed by atoms with Crippen LogP contribution < -0.4 is 0 Å². The molecule has 0 radical (unpaired) electrons. The van der Waals surface area contributed by atoms with E-state index in [1.807, 2.05) is 0 Å². The highest BCUT2D eigenvalue weighted by Gasteiger charge is 2.62. The second-order valence-electron chi connectivity index (χ2n) is 4.44. The number of aldehydes is 1. The van der Waals surface area contributed by atoms with Crippen molar-refractivity contribution in [3.8, 4) is 0 Å². The maximum Gasteiger partial charge on any atom is 0.161 e. The van der Waals surface area contributed by atoms with Gasteiger partial charge in [0, 0.05) is 17.9 Å². The predicted molar refractivity (Wildman–Crippen MR) is 50.8 cm³/mol. The molecule has 0 spiro atoms. The Morgan fingerprint density at radius 1 is 1.53 bits per heavy atom. The first-order valence-corrected chi connectivity index (χ1v) is 5.13. The maximum absolute atomic E-state index is 11.6. The molecular weight excluding hydrogens is 198 g/mol. The van der Waals surface area contributed by atoms with Gasteiger partial charge in [0.1, 0.15) is 18.6 Å². The van der Waals surface area contributed by atoms with E-state index in [0.29, 0.717) is 6.29 Å². The van der Waals surface area contributed by atoms with Crippen molar-refractivity contribution in [2.24, 2.45) is 11.8 Å². The Kier molecular flexibility index (Phi) is 2.41. The molecule has 6 atom stereocenters. The van der Waals surface area contributed by atoms with Gasteiger partial charge in [-0.1, -0.05) is 6.92 Å². The van der Waals surface area contributed by atoms with Crippen LogP contribution in [0.3, 0.4) is 0 Å². The summed E-state index contributed by atoms with van der Waals surface area (Å²) >= 11 is 0. The number of carbonyl (C=O) groups excluding carboxylic acids is 2. The number of carbonyl (C=O) groups is 2. The summed E-state index contributed by atoms with van der Waals surface area (Å²) in [5, 5.41) is 19.2. The van der Waals surface area contributed by atoms with Crippen molar-refractivity contribution in [3.05, 3.63) is 0 Å². The molecule has 5 heteroatoms. The molecule has 1 unspecified atom stereocenters. The standard InChI is InChI=1S/C10H15NO4/c1-4-8-7(5(2)13)10(15)11(8)6(3-12)9(4)14/h3-8,10,13,15H,1-2H3/t4-,5-,6+,7-,8-,10?/m1/s1. The predicted octanol–water partition coefficient (Wildman–Crippen LogP) is -1.23. The van der Waals surface area contributed by atoms with Crippen molar-refractivity contribution >= 4 is 12.1 Å². The third-order valence-electron chi connectivity index (χ3n) is 3.65. The summed E-state index contributed by atoms with van der Waals surface area (Å²) in [5.74, 6) is -0.769. The van der Waals surface area contributed by atoms with Gasteiger partial charge in [-0.3, -0.25) is 9.69 Å². The molecule has 0 aromatic rings. The van der Waals surface area contributed by atoms with Gasteiger partial charge in [0.2, 0.25) is 0 Å². The van der Waals surface area contributed by atoms with Crippen LogP contribution >= 0.6 is 0 Å². The highest BCUT2D eigenvalue weighted by atomic mass is 16.3. The van der Waals surface area contributed by atoms with Crippen LogP contribution in [0, 0.1) is 11.8 Å². The minimum atomic E-state index is -0.876. The van der Waals surface area contributed by atoms with E-state index in [4.69, 9.17) is 0 Å². The van der Waals surface area contributed by atoms with Crippen molar-refractivity contribution in [3.63, 3.8) is 0 Å². The van der Waals surface area contributed by atoms with Crippen LogP contribution in [0.4, 0.5) is 0 Å². The van der Waals surface area contributed by atoms with Gasteiger partial charge < -0.3 is 15.0 Å². The van der Waals surface area contributed by atoms with Crippen molar-refractivity contribution in [1.82, 2.24) is 4.90 Å². The number of rotatable bonds is 2. The second-order valence-corrected chi connectivity index (χ2v) is 4.44. The zero-order valence-electron chi connectivity index (χ0n) is 8.70. The largest absolute Gasteiger partial charge is 0.393 e. The molecule has 2 N–H and O–H groups in total. The van der Waals surface area contributed by atoms with Gasteiger partial charge >= 0.3 is 0 Å². The smallest absolute Gasteiger partial charge is 0.161 e. The highest BCUT2D eigenvalue weighted by molar-refractivity contribution is 6.01. The number of Topliss-reactive ketones (excluding diaryl/α,β-unsaturated/α-hetero) is 1. The molecule has 0 aromatic carbocycles. The molecule has 2 rings (SSSR count). The molecule has 2 saturated heterocycles. The molecular formula is C10H15NO4. The van der Waals surface area contributed by atoms with Crippen LogP contribution in [-0.2, 0) is 9.59 Å². The van der Waals surface area contributed by atoms with E-state index in [1.165, 1.54) is 4.90 Å². The van der Waals surface area contributed by atoms with Crippen molar-refractivity contribution < 1.29 is 19.8 Å². The normalized spacial score (nSPS) is 47.2. The van der Waals surface area contributed by atoms with Crippen LogP contribution in [0.2, 0.25) is 0 Å². The summed E-state index contributed by atoms with van der Waals surface area (Å²) in [7, 11) is 0. The molecule has 2 fully saturated rings. The number of aliphatic hydroxyl groups is 2. The van der Waals surface area contributed by atoms with E-state index in [1.54, 1.807) is 13.8 Å². The Morgan fingerprint density at radius 3 is 2.60 bits per heavy atom. The van der Waals surface area contributed by atoms with Crippen LogP contribution in [0.5, 0.6) is 0 Å². The van der Waals surface area contributed by atoms with Gasteiger partial charge in [-0.05, 0) is 6.92 Å². The maximum atomic E-state index is 11.6. The van der Waals surface area contributed by atoms with Crippen molar-refractivity contribution in [2.75, 3.05) is 0 Å². The Balaban J connectivity index is 2.26. The summed E-state index contributed by atoms with van der Waals surface area (Å²) in [6.07, 6.45) is -0.971. The fourth-order valence-electron chi connectivity index (χ4n) is 2.85. The quantitative estimate of drug-likeness (QED) is 0.444. The Morgan fingerprint density at radius 2 is 2.13 bits per heavy atom.